The standard InChI is InChI=1S/C24H25NOS/c1-5-15-10-17(24(2,3)4)12-19-16(13-26)11-21(25-23(15)19)20-14-27-22-9-7-6-8-18(20)22/h6-12,14,26H,5,13H2,1-4H3. The molecule has 0 fully saturated rings. The Labute approximate surface area is 164 Å². The summed E-state index contributed by atoms with van der Waals surface area (Å²) < 4.78 is 1.26. The van der Waals surface area contributed by atoms with Crippen LogP contribution in [0.2, 0.25) is 0 Å². The van der Waals surface area contributed by atoms with Crippen LogP contribution in [0.1, 0.15) is 44.4 Å². The van der Waals surface area contributed by atoms with Crippen LogP contribution in [-0.2, 0) is 18.4 Å². The van der Waals surface area contributed by atoms with Crippen molar-refractivity contribution in [3.05, 3.63) is 64.5 Å². The molecule has 4 rings (SSSR count). The number of nitrogens with zero attached hydrogens (tertiary/aromatic N) is 1. The Morgan fingerprint density at radius 3 is 2.48 bits per heavy atom. The first-order valence-electron chi connectivity index (χ1n) is 9.47. The van der Waals surface area contributed by atoms with Crippen LogP contribution in [0.4, 0.5) is 0 Å². The van der Waals surface area contributed by atoms with Gasteiger partial charge in [0.15, 0.2) is 0 Å². The SMILES string of the molecule is CCc1cc(C(C)(C)C)cc2c(CO)cc(-c3csc4ccccc34)nc12. The van der Waals surface area contributed by atoms with Crippen molar-refractivity contribution >= 4 is 32.3 Å². The molecular formula is C24H25NOS. The fourth-order valence-corrected chi connectivity index (χ4v) is 4.57. The van der Waals surface area contributed by atoms with Crippen LogP contribution in [-0.4, -0.2) is 10.1 Å². The third kappa shape index (κ3) is 3.15. The van der Waals surface area contributed by atoms with Gasteiger partial charge in [0.05, 0.1) is 17.8 Å². The molecule has 0 unspecified atom stereocenters. The van der Waals surface area contributed by atoms with Gasteiger partial charge in [0.25, 0.3) is 0 Å². The second kappa shape index (κ2) is 6.74. The first kappa shape index (κ1) is 18.1. The molecule has 0 spiro atoms. The molecule has 0 aliphatic rings. The number of aliphatic hydroxyl groups excluding tert-OH is 1. The molecule has 2 aromatic carbocycles. The molecule has 1 N–H and O–H groups in total. The molecular weight excluding hydrogens is 350 g/mol. The van der Waals surface area contributed by atoms with Crippen LogP contribution in [0.5, 0.6) is 0 Å². The molecule has 2 heterocycles. The Morgan fingerprint density at radius 2 is 1.78 bits per heavy atom. The van der Waals surface area contributed by atoms with E-state index in [9.17, 15) is 5.11 Å². The number of rotatable bonds is 3. The predicted octanol–water partition coefficient (Wildman–Crippen LogP) is 6.47. The van der Waals surface area contributed by atoms with Gasteiger partial charge in [-0.15, -0.1) is 11.3 Å². The van der Waals surface area contributed by atoms with E-state index >= 15 is 0 Å². The summed E-state index contributed by atoms with van der Waals surface area (Å²) in [5.74, 6) is 0. The van der Waals surface area contributed by atoms with Gasteiger partial charge in [-0.25, -0.2) is 4.98 Å². The number of aromatic nitrogens is 1. The summed E-state index contributed by atoms with van der Waals surface area (Å²) in [6, 6.07) is 15.0. The van der Waals surface area contributed by atoms with Gasteiger partial charge in [0, 0.05) is 26.4 Å². The molecule has 0 bridgehead atoms. The second-order valence-corrected chi connectivity index (χ2v) is 9.02. The summed E-state index contributed by atoms with van der Waals surface area (Å²) in [4.78, 5) is 5.07. The van der Waals surface area contributed by atoms with E-state index in [0.717, 1.165) is 34.1 Å². The summed E-state index contributed by atoms with van der Waals surface area (Å²) in [5, 5.41) is 14.6. The number of hydrogen-bond acceptors (Lipinski definition) is 3. The van der Waals surface area contributed by atoms with E-state index in [2.05, 4.69) is 75.5 Å². The highest BCUT2D eigenvalue weighted by Gasteiger charge is 2.19. The van der Waals surface area contributed by atoms with Gasteiger partial charge in [0.2, 0.25) is 0 Å². The first-order valence-corrected chi connectivity index (χ1v) is 10.3. The van der Waals surface area contributed by atoms with E-state index in [1.807, 2.05) is 0 Å². The summed E-state index contributed by atoms with van der Waals surface area (Å²) in [6.45, 7) is 8.88. The lowest BCUT2D eigenvalue weighted by molar-refractivity contribution is 0.283. The van der Waals surface area contributed by atoms with Gasteiger partial charge in [-0.1, -0.05) is 52.0 Å². The first-order chi connectivity index (χ1) is 12.9. The van der Waals surface area contributed by atoms with Crippen molar-refractivity contribution in [2.75, 3.05) is 0 Å². The molecule has 2 nitrogen and oxygen atoms in total. The van der Waals surface area contributed by atoms with Gasteiger partial charge in [-0.2, -0.15) is 0 Å². The monoisotopic (exact) mass is 375 g/mol. The van der Waals surface area contributed by atoms with Crippen LogP contribution in [0.15, 0.2) is 47.8 Å². The van der Waals surface area contributed by atoms with Gasteiger partial charge in [0.1, 0.15) is 0 Å². The molecule has 27 heavy (non-hydrogen) atoms. The zero-order chi connectivity index (χ0) is 19.2. The minimum Gasteiger partial charge on any atom is -0.392 e. The average Bonchev–Trinajstić information content (AvgIpc) is 3.09. The van der Waals surface area contributed by atoms with Crippen molar-refractivity contribution in [1.82, 2.24) is 4.98 Å². The summed E-state index contributed by atoms with van der Waals surface area (Å²) in [7, 11) is 0. The Hall–Kier alpha value is -2.23. The fourth-order valence-electron chi connectivity index (χ4n) is 3.61. The topological polar surface area (TPSA) is 33.1 Å². The Balaban J connectivity index is 2.02. The van der Waals surface area contributed by atoms with Crippen LogP contribution in [0.3, 0.4) is 0 Å². The van der Waals surface area contributed by atoms with E-state index in [4.69, 9.17) is 4.98 Å². The van der Waals surface area contributed by atoms with E-state index in [1.54, 1.807) is 11.3 Å². The molecule has 138 valence electrons. The molecule has 4 aromatic rings. The lowest BCUT2D eigenvalue weighted by Gasteiger charge is -2.22. The van der Waals surface area contributed by atoms with Crippen LogP contribution in [0.25, 0.3) is 32.2 Å². The third-order valence-electron chi connectivity index (χ3n) is 5.25. The predicted molar refractivity (Wildman–Crippen MR) is 117 cm³/mol. The maximum absolute atomic E-state index is 10.1. The number of pyridine rings is 1. The quantitative estimate of drug-likeness (QED) is 0.445. The minimum absolute atomic E-state index is 0.0187. The van der Waals surface area contributed by atoms with E-state index in [1.165, 1.54) is 21.2 Å². The summed E-state index contributed by atoms with van der Waals surface area (Å²) in [5.41, 5.74) is 6.66. The van der Waals surface area contributed by atoms with E-state index < -0.39 is 0 Å². The molecule has 2 aromatic heterocycles. The summed E-state index contributed by atoms with van der Waals surface area (Å²) >= 11 is 1.74. The van der Waals surface area contributed by atoms with Gasteiger partial charge < -0.3 is 5.11 Å². The third-order valence-corrected chi connectivity index (χ3v) is 6.22. The number of thiophene rings is 1. The molecule has 0 aliphatic heterocycles. The highest BCUT2D eigenvalue weighted by Crippen LogP contribution is 2.36. The number of hydrogen-bond donors (Lipinski definition) is 1. The zero-order valence-corrected chi connectivity index (χ0v) is 17.2. The average molecular weight is 376 g/mol. The minimum atomic E-state index is 0.0187. The van der Waals surface area contributed by atoms with Crippen molar-refractivity contribution in [1.29, 1.82) is 0 Å². The zero-order valence-electron chi connectivity index (χ0n) is 16.3. The summed E-state index contributed by atoms with van der Waals surface area (Å²) in [6.07, 6.45) is 0.923. The van der Waals surface area contributed by atoms with E-state index in [-0.39, 0.29) is 12.0 Å². The van der Waals surface area contributed by atoms with Crippen molar-refractivity contribution < 1.29 is 5.11 Å². The van der Waals surface area contributed by atoms with Crippen molar-refractivity contribution in [2.24, 2.45) is 0 Å². The van der Waals surface area contributed by atoms with E-state index in [0.29, 0.717) is 0 Å². The molecule has 0 radical (unpaired) electrons. The largest absolute Gasteiger partial charge is 0.392 e. The normalized spacial score (nSPS) is 12.2. The molecule has 0 atom stereocenters. The van der Waals surface area contributed by atoms with Crippen molar-refractivity contribution in [3.63, 3.8) is 0 Å². The molecule has 3 heteroatoms. The Morgan fingerprint density at radius 1 is 1.00 bits per heavy atom. The Bertz CT molecular complexity index is 1130. The molecule has 0 amide bonds. The maximum Gasteiger partial charge on any atom is 0.0745 e. The van der Waals surface area contributed by atoms with Crippen LogP contribution in [0, 0.1) is 0 Å². The van der Waals surface area contributed by atoms with Gasteiger partial charge >= 0.3 is 0 Å². The number of aliphatic hydroxyl groups is 1. The number of aryl methyl sites for hydroxylation is 1. The molecule has 0 saturated heterocycles. The van der Waals surface area contributed by atoms with Crippen LogP contribution >= 0.6 is 11.3 Å². The van der Waals surface area contributed by atoms with Crippen molar-refractivity contribution in [2.45, 2.75) is 46.1 Å². The fraction of sp³-hybridized carbons (Fsp3) is 0.292. The Kier molecular flexibility index (Phi) is 4.53. The second-order valence-electron chi connectivity index (χ2n) is 8.11. The van der Waals surface area contributed by atoms with Crippen molar-refractivity contribution in [3.8, 4) is 11.3 Å². The lowest BCUT2D eigenvalue weighted by Crippen LogP contribution is -2.12. The van der Waals surface area contributed by atoms with Gasteiger partial charge in [-0.05, 0) is 46.7 Å². The van der Waals surface area contributed by atoms with Gasteiger partial charge in [-0.3, -0.25) is 0 Å². The lowest BCUT2D eigenvalue weighted by atomic mass is 9.84. The van der Waals surface area contributed by atoms with Crippen LogP contribution < -0.4 is 0 Å². The molecule has 0 saturated carbocycles. The number of fused-ring (bicyclic) bond motifs is 2. The highest BCUT2D eigenvalue weighted by atomic mass is 32.1. The smallest absolute Gasteiger partial charge is 0.0745 e. The number of benzene rings is 2. The maximum atomic E-state index is 10.1. The molecule has 0 aliphatic carbocycles. The highest BCUT2D eigenvalue weighted by molar-refractivity contribution is 7.17.